The summed E-state index contributed by atoms with van der Waals surface area (Å²) in [6.45, 7) is 2.40. The van der Waals surface area contributed by atoms with Crippen LogP contribution in [-0.2, 0) is 11.3 Å². The number of carbonyl (C=O) groups is 1. The number of hydrogen-bond acceptors (Lipinski definition) is 3. The maximum absolute atomic E-state index is 13.7. The molecule has 0 aliphatic heterocycles. The summed E-state index contributed by atoms with van der Waals surface area (Å²) in [7, 11) is 1.77. The molecule has 4 nitrogen and oxygen atoms in total. The normalized spacial score (nSPS) is 12.2. The zero-order valence-corrected chi connectivity index (χ0v) is 10.6. The molecular weight excluding hydrogens is 237 g/mol. The Kier molecular flexibility index (Phi) is 5.58. The van der Waals surface area contributed by atoms with E-state index in [1.165, 1.54) is 12.1 Å². The number of rotatable bonds is 7. The summed E-state index contributed by atoms with van der Waals surface area (Å²) >= 11 is 0. The maximum atomic E-state index is 13.7. The molecule has 0 heterocycles. The minimum Gasteiger partial charge on any atom is -0.479 e. The molecule has 1 unspecified atom stereocenters. The summed E-state index contributed by atoms with van der Waals surface area (Å²) in [4.78, 5) is 10.9. The van der Waals surface area contributed by atoms with E-state index in [0.717, 1.165) is 5.56 Å². The predicted molar refractivity (Wildman–Crippen MR) is 66.1 cm³/mol. The monoisotopic (exact) mass is 255 g/mol. The van der Waals surface area contributed by atoms with Crippen molar-refractivity contribution in [2.45, 2.75) is 32.4 Å². The fourth-order valence-electron chi connectivity index (χ4n) is 1.60. The van der Waals surface area contributed by atoms with E-state index in [9.17, 15) is 9.18 Å². The van der Waals surface area contributed by atoms with Crippen LogP contribution in [0.15, 0.2) is 18.2 Å². The molecular formula is C13H18FNO3. The highest BCUT2D eigenvalue weighted by Gasteiger charge is 2.19. The van der Waals surface area contributed by atoms with Gasteiger partial charge in [0.15, 0.2) is 17.7 Å². The third-order valence-electron chi connectivity index (χ3n) is 2.47. The Morgan fingerprint density at radius 2 is 2.28 bits per heavy atom. The SMILES string of the molecule is CCCC(Oc1ccc(CNC)cc1F)C(=O)O. The fraction of sp³-hybridized carbons (Fsp3) is 0.462. The number of aliphatic carboxylic acids is 1. The second-order valence-electron chi connectivity index (χ2n) is 4.03. The summed E-state index contributed by atoms with van der Waals surface area (Å²) in [6, 6.07) is 4.52. The Labute approximate surface area is 106 Å². The van der Waals surface area contributed by atoms with Crippen LogP contribution in [0.25, 0.3) is 0 Å². The highest BCUT2D eigenvalue weighted by molar-refractivity contribution is 5.72. The van der Waals surface area contributed by atoms with Crippen LogP contribution in [0.1, 0.15) is 25.3 Å². The van der Waals surface area contributed by atoms with Crippen LogP contribution in [0.5, 0.6) is 5.75 Å². The van der Waals surface area contributed by atoms with Crippen LogP contribution in [-0.4, -0.2) is 24.2 Å². The first-order chi connectivity index (χ1) is 8.58. The van der Waals surface area contributed by atoms with Crippen molar-refractivity contribution in [3.63, 3.8) is 0 Å². The highest BCUT2D eigenvalue weighted by Crippen LogP contribution is 2.21. The molecule has 1 rings (SSSR count). The Morgan fingerprint density at radius 1 is 1.56 bits per heavy atom. The molecule has 100 valence electrons. The minimum atomic E-state index is -1.07. The zero-order valence-electron chi connectivity index (χ0n) is 10.6. The lowest BCUT2D eigenvalue weighted by Crippen LogP contribution is -2.27. The van der Waals surface area contributed by atoms with Crippen molar-refractivity contribution >= 4 is 5.97 Å². The van der Waals surface area contributed by atoms with E-state index >= 15 is 0 Å². The van der Waals surface area contributed by atoms with Crippen LogP contribution in [0.3, 0.4) is 0 Å². The van der Waals surface area contributed by atoms with E-state index in [0.29, 0.717) is 19.4 Å². The molecule has 18 heavy (non-hydrogen) atoms. The third-order valence-corrected chi connectivity index (χ3v) is 2.47. The van der Waals surface area contributed by atoms with Gasteiger partial charge in [0.1, 0.15) is 0 Å². The van der Waals surface area contributed by atoms with Gasteiger partial charge in [-0.1, -0.05) is 19.4 Å². The molecule has 0 saturated carbocycles. The molecule has 1 atom stereocenters. The van der Waals surface area contributed by atoms with Crippen molar-refractivity contribution in [3.05, 3.63) is 29.6 Å². The molecule has 0 fully saturated rings. The van der Waals surface area contributed by atoms with Crippen molar-refractivity contribution in [3.8, 4) is 5.75 Å². The molecule has 1 aromatic carbocycles. The number of ether oxygens (including phenoxy) is 1. The van der Waals surface area contributed by atoms with E-state index in [-0.39, 0.29) is 5.75 Å². The Bertz CT molecular complexity index is 409. The molecule has 0 bridgehead atoms. The lowest BCUT2D eigenvalue weighted by Gasteiger charge is -2.15. The van der Waals surface area contributed by atoms with Crippen LogP contribution < -0.4 is 10.1 Å². The van der Waals surface area contributed by atoms with Gasteiger partial charge >= 0.3 is 5.97 Å². The lowest BCUT2D eigenvalue weighted by molar-refractivity contribution is -0.145. The van der Waals surface area contributed by atoms with Gasteiger partial charge in [-0.25, -0.2) is 9.18 Å². The summed E-state index contributed by atoms with van der Waals surface area (Å²) in [5.41, 5.74) is 0.782. The predicted octanol–water partition coefficient (Wildman–Crippen LogP) is 2.18. The standard InChI is InChI=1S/C13H18FNO3/c1-3-4-12(13(16)17)18-11-6-5-9(8-15-2)7-10(11)14/h5-7,12,15H,3-4,8H2,1-2H3,(H,16,17). The molecule has 0 radical (unpaired) electrons. The molecule has 1 aromatic rings. The van der Waals surface area contributed by atoms with Gasteiger partial charge in [0.25, 0.3) is 0 Å². The second-order valence-corrected chi connectivity index (χ2v) is 4.03. The molecule has 5 heteroatoms. The number of hydrogen-bond donors (Lipinski definition) is 2. The smallest absolute Gasteiger partial charge is 0.344 e. The molecule has 0 aliphatic carbocycles. The Balaban J connectivity index is 2.80. The quantitative estimate of drug-likeness (QED) is 0.784. The second kappa shape index (κ2) is 6.96. The molecule has 0 aliphatic rings. The van der Waals surface area contributed by atoms with E-state index in [1.54, 1.807) is 13.1 Å². The summed E-state index contributed by atoms with van der Waals surface area (Å²) < 4.78 is 18.9. The largest absolute Gasteiger partial charge is 0.479 e. The number of nitrogens with one attached hydrogen (secondary N) is 1. The van der Waals surface area contributed by atoms with Crippen LogP contribution in [0.4, 0.5) is 4.39 Å². The van der Waals surface area contributed by atoms with E-state index in [2.05, 4.69) is 5.32 Å². The van der Waals surface area contributed by atoms with Crippen LogP contribution in [0.2, 0.25) is 0 Å². The highest BCUT2D eigenvalue weighted by atomic mass is 19.1. The van der Waals surface area contributed by atoms with Gasteiger partial charge in [0.2, 0.25) is 0 Å². The maximum Gasteiger partial charge on any atom is 0.344 e. The Hall–Kier alpha value is -1.62. The van der Waals surface area contributed by atoms with E-state index in [1.807, 2.05) is 6.92 Å². The topological polar surface area (TPSA) is 58.6 Å². The number of carboxylic acid groups (broad SMARTS) is 1. The van der Waals surface area contributed by atoms with Gasteiger partial charge in [-0.05, 0) is 31.2 Å². The number of halogens is 1. The van der Waals surface area contributed by atoms with Gasteiger partial charge in [-0.3, -0.25) is 0 Å². The number of carboxylic acids is 1. The lowest BCUT2D eigenvalue weighted by atomic mass is 10.2. The summed E-state index contributed by atoms with van der Waals surface area (Å²) in [6.07, 6.45) is 0.0170. The average molecular weight is 255 g/mol. The van der Waals surface area contributed by atoms with Crippen LogP contribution >= 0.6 is 0 Å². The van der Waals surface area contributed by atoms with Gasteiger partial charge < -0.3 is 15.2 Å². The van der Waals surface area contributed by atoms with Crippen LogP contribution in [0, 0.1) is 5.82 Å². The number of benzene rings is 1. The molecule has 0 amide bonds. The van der Waals surface area contributed by atoms with E-state index in [4.69, 9.17) is 9.84 Å². The van der Waals surface area contributed by atoms with Gasteiger partial charge in [0, 0.05) is 6.54 Å². The first-order valence-corrected chi connectivity index (χ1v) is 5.91. The average Bonchev–Trinajstić information content (AvgIpc) is 2.31. The van der Waals surface area contributed by atoms with Gasteiger partial charge in [-0.2, -0.15) is 0 Å². The zero-order chi connectivity index (χ0) is 13.5. The first kappa shape index (κ1) is 14.4. The fourth-order valence-corrected chi connectivity index (χ4v) is 1.60. The van der Waals surface area contributed by atoms with Crippen molar-refractivity contribution in [1.82, 2.24) is 5.32 Å². The van der Waals surface area contributed by atoms with Crippen molar-refractivity contribution in [1.29, 1.82) is 0 Å². The van der Waals surface area contributed by atoms with Crippen molar-refractivity contribution < 1.29 is 19.0 Å². The van der Waals surface area contributed by atoms with E-state index < -0.39 is 17.9 Å². The molecule has 0 saturated heterocycles. The molecule has 2 N–H and O–H groups in total. The summed E-state index contributed by atoms with van der Waals surface area (Å²) in [5.74, 6) is -1.63. The summed E-state index contributed by atoms with van der Waals surface area (Å²) in [5, 5.41) is 11.8. The van der Waals surface area contributed by atoms with Gasteiger partial charge in [0.05, 0.1) is 0 Å². The minimum absolute atomic E-state index is 0.0179. The van der Waals surface area contributed by atoms with Crippen molar-refractivity contribution in [2.75, 3.05) is 7.05 Å². The third kappa shape index (κ3) is 4.00. The van der Waals surface area contributed by atoms with Gasteiger partial charge in [-0.15, -0.1) is 0 Å². The molecule has 0 aromatic heterocycles. The van der Waals surface area contributed by atoms with Crippen molar-refractivity contribution in [2.24, 2.45) is 0 Å². The first-order valence-electron chi connectivity index (χ1n) is 5.91. The Morgan fingerprint density at radius 3 is 2.78 bits per heavy atom. The molecule has 0 spiro atoms.